The van der Waals surface area contributed by atoms with E-state index >= 15 is 0 Å². The zero-order valence-electron chi connectivity index (χ0n) is 14.5. The molecule has 1 fully saturated rings. The summed E-state index contributed by atoms with van der Waals surface area (Å²) in [5.41, 5.74) is 0.114. The Balaban J connectivity index is 1.87. The van der Waals surface area contributed by atoms with Crippen LogP contribution in [0, 0.1) is 0 Å². The van der Waals surface area contributed by atoms with Crippen LogP contribution in [0.1, 0.15) is 36.0 Å². The van der Waals surface area contributed by atoms with Crippen molar-refractivity contribution < 1.29 is 17.9 Å². The largest absolute Gasteiger partial charge is 0.423 e. The van der Waals surface area contributed by atoms with Crippen LogP contribution in [0.4, 0.5) is 0 Å². The predicted octanol–water partition coefficient (Wildman–Crippen LogP) is 4.78. The van der Waals surface area contributed by atoms with E-state index in [0.29, 0.717) is 23.9 Å². The van der Waals surface area contributed by atoms with E-state index in [4.69, 9.17) is 27.9 Å². The Morgan fingerprint density at radius 2 is 1.56 bits per heavy atom. The quantitative estimate of drug-likeness (QED) is 0.520. The van der Waals surface area contributed by atoms with Gasteiger partial charge in [0.1, 0.15) is 10.6 Å². The van der Waals surface area contributed by atoms with E-state index in [1.807, 2.05) is 0 Å². The maximum Gasteiger partial charge on any atom is 0.343 e. The first kappa shape index (κ1) is 20.1. The van der Waals surface area contributed by atoms with Crippen molar-refractivity contribution in [3.63, 3.8) is 0 Å². The number of hydrogen-bond acceptors (Lipinski definition) is 4. The highest BCUT2D eigenvalue weighted by atomic mass is 35.5. The Morgan fingerprint density at radius 3 is 2.19 bits per heavy atom. The van der Waals surface area contributed by atoms with Crippen LogP contribution in [-0.4, -0.2) is 31.8 Å². The zero-order chi connectivity index (χ0) is 19.4. The first-order valence-electron chi connectivity index (χ1n) is 8.65. The summed E-state index contributed by atoms with van der Waals surface area (Å²) < 4.78 is 32.7. The van der Waals surface area contributed by atoms with Crippen molar-refractivity contribution in [1.29, 1.82) is 0 Å². The van der Waals surface area contributed by atoms with Crippen LogP contribution in [0.2, 0.25) is 10.0 Å². The van der Waals surface area contributed by atoms with E-state index in [1.54, 1.807) is 24.3 Å². The molecule has 5 nitrogen and oxygen atoms in total. The number of ether oxygens (including phenoxy) is 1. The molecule has 0 amide bonds. The first-order chi connectivity index (χ1) is 12.9. The number of halogens is 2. The Morgan fingerprint density at radius 1 is 0.926 bits per heavy atom. The molecule has 1 aliphatic heterocycles. The molecule has 0 unspecified atom stereocenters. The number of benzene rings is 2. The fraction of sp³-hybridized carbons (Fsp3) is 0.316. The maximum absolute atomic E-state index is 13.0. The summed E-state index contributed by atoms with van der Waals surface area (Å²) in [7, 11) is -3.77. The fourth-order valence-electron chi connectivity index (χ4n) is 2.92. The number of sulfonamides is 1. The summed E-state index contributed by atoms with van der Waals surface area (Å²) in [5, 5.41) is 0.606. The number of esters is 1. The average molecular weight is 428 g/mol. The van der Waals surface area contributed by atoms with Gasteiger partial charge in [0.15, 0.2) is 0 Å². The molecular weight excluding hydrogens is 409 g/mol. The third-order valence-electron chi connectivity index (χ3n) is 4.37. The third-order valence-corrected chi connectivity index (χ3v) is 7.01. The zero-order valence-corrected chi connectivity index (χ0v) is 16.9. The third kappa shape index (κ3) is 4.82. The van der Waals surface area contributed by atoms with Crippen LogP contribution in [0.15, 0.2) is 47.4 Å². The monoisotopic (exact) mass is 427 g/mol. The van der Waals surface area contributed by atoms with Gasteiger partial charge >= 0.3 is 5.97 Å². The van der Waals surface area contributed by atoms with E-state index in [9.17, 15) is 13.2 Å². The molecule has 144 valence electrons. The maximum atomic E-state index is 13.0. The molecule has 2 aromatic carbocycles. The lowest BCUT2D eigenvalue weighted by Gasteiger charge is -2.21. The molecule has 0 N–H and O–H groups in total. The number of carbonyl (C=O) groups is 1. The molecule has 0 atom stereocenters. The van der Waals surface area contributed by atoms with Gasteiger partial charge in [-0.3, -0.25) is 0 Å². The second-order valence-corrected chi connectivity index (χ2v) is 9.06. The minimum Gasteiger partial charge on any atom is -0.423 e. The van der Waals surface area contributed by atoms with E-state index in [0.717, 1.165) is 25.7 Å². The highest BCUT2D eigenvalue weighted by molar-refractivity contribution is 7.89. The van der Waals surface area contributed by atoms with Crippen LogP contribution < -0.4 is 4.74 Å². The van der Waals surface area contributed by atoms with Gasteiger partial charge in [0.2, 0.25) is 10.0 Å². The van der Waals surface area contributed by atoms with E-state index in [2.05, 4.69) is 0 Å². The van der Waals surface area contributed by atoms with Crippen molar-refractivity contribution in [2.24, 2.45) is 0 Å². The van der Waals surface area contributed by atoms with Crippen molar-refractivity contribution >= 4 is 39.2 Å². The molecule has 1 aliphatic rings. The number of hydrogen-bond donors (Lipinski definition) is 0. The van der Waals surface area contributed by atoms with Crippen molar-refractivity contribution in [2.45, 2.75) is 30.6 Å². The lowest BCUT2D eigenvalue weighted by molar-refractivity contribution is 0.0734. The molecule has 2 aromatic rings. The molecule has 0 aliphatic carbocycles. The lowest BCUT2D eigenvalue weighted by Crippen LogP contribution is -2.32. The SMILES string of the molecule is O=C(Oc1ccc(Cl)cc1)c1ccc(Cl)c(S(=O)(=O)N2CCCCCC2)c1. The average Bonchev–Trinajstić information content (AvgIpc) is 2.94. The summed E-state index contributed by atoms with van der Waals surface area (Å²) in [6, 6.07) is 10.5. The summed E-state index contributed by atoms with van der Waals surface area (Å²) in [6.07, 6.45) is 3.64. The molecule has 3 rings (SSSR count). The van der Waals surface area contributed by atoms with Gasteiger partial charge in [-0.1, -0.05) is 36.0 Å². The number of rotatable bonds is 4. The van der Waals surface area contributed by atoms with Gasteiger partial charge < -0.3 is 4.74 Å². The smallest absolute Gasteiger partial charge is 0.343 e. The molecule has 1 heterocycles. The van der Waals surface area contributed by atoms with Gasteiger partial charge in [0, 0.05) is 18.1 Å². The minimum absolute atomic E-state index is 0.0726. The first-order valence-corrected chi connectivity index (χ1v) is 10.8. The van der Waals surface area contributed by atoms with Crippen LogP contribution in [-0.2, 0) is 10.0 Å². The molecule has 0 radical (unpaired) electrons. The molecule has 0 spiro atoms. The molecule has 27 heavy (non-hydrogen) atoms. The Hall–Kier alpha value is -1.60. The van der Waals surface area contributed by atoms with Gasteiger partial charge in [-0.2, -0.15) is 4.31 Å². The van der Waals surface area contributed by atoms with Gasteiger partial charge in [0.25, 0.3) is 0 Å². The van der Waals surface area contributed by atoms with Crippen molar-refractivity contribution in [2.75, 3.05) is 13.1 Å². The van der Waals surface area contributed by atoms with E-state index in [1.165, 1.54) is 22.5 Å². The summed E-state index contributed by atoms with van der Waals surface area (Å²) >= 11 is 12.0. The predicted molar refractivity (Wildman–Crippen MR) is 105 cm³/mol. The number of nitrogens with zero attached hydrogens (tertiary/aromatic N) is 1. The van der Waals surface area contributed by atoms with Gasteiger partial charge in [-0.25, -0.2) is 13.2 Å². The fourth-order valence-corrected chi connectivity index (χ4v) is 5.06. The van der Waals surface area contributed by atoms with Crippen molar-refractivity contribution in [3.05, 3.63) is 58.1 Å². The van der Waals surface area contributed by atoms with Crippen molar-refractivity contribution in [1.82, 2.24) is 4.31 Å². The van der Waals surface area contributed by atoms with Crippen LogP contribution in [0.25, 0.3) is 0 Å². The Labute approximate surface area is 168 Å². The van der Waals surface area contributed by atoms with Gasteiger partial charge in [0.05, 0.1) is 10.6 Å². The van der Waals surface area contributed by atoms with E-state index in [-0.39, 0.29) is 15.5 Å². The molecule has 8 heteroatoms. The topological polar surface area (TPSA) is 63.7 Å². The molecule has 0 bridgehead atoms. The molecule has 0 saturated carbocycles. The highest BCUT2D eigenvalue weighted by Gasteiger charge is 2.28. The normalized spacial score (nSPS) is 15.9. The second-order valence-electron chi connectivity index (χ2n) is 6.31. The molecular formula is C19H19Cl2NO4S. The number of carbonyl (C=O) groups excluding carboxylic acids is 1. The van der Waals surface area contributed by atoms with Crippen LogP contribution in [0.5, 0.6) is 5.75 Å². The second kappa shape index (κ2) is 8.61. The van der Waals surface area contributed by atoms with E-state index < -0.39 is 16.0 Å². The summed E-state index contributed by atoms with van der Waals surface area (Å²) in [5.74, 6) is -0.349. The highest BCUT2D eigenvalue weighted by Crippen LogP contribution is 2.28. The Bertz CT molecular complexity index is 921. The van der Waals surface area contributed by atoms with Gasteiger partial charge in [-0.15, -0.1) is 0 Å². The Kier molecular flexibility index (Phi) is 6.42. The minimum atomic E-state index is -3.77. The van der Waals surface area contributed by atoms with Crippen LogP contribution >= 0.6 is 23.2 Å². The van der Waals surface area contributed by atoms with Crippen LogP contribution in [0.3, 0.4) is 0 Å². The van der Waals surface area contributed by atoms with Gasteiger partial charge in [-0.05, 0) is 55.3 Å². The van der Waals surface area contributed by atoms with Crippen molar-refractivity contribution in [3.8, 4) is 5.75 Å². The summed E-state index contributed by atoms with van der Waals surface area (Å²) in [4.78, 5) is 12.3. The molecule has 0 aromatic heterocycles. The molecule has 1 saturated heterocycles. The lowest BCUT2D eigenvalue weighted by atomic mass is 10.2. The summed E-state index contributed by atoms with van der Waals surface area (Å²) in [6.45, 7) is 0.913. The standard InChI is InChI=1S/C19H19Cl2NO4S/c20-15-6-8-16(9-7-15)26-19(23)14-5-10-17(21)18(13-14)27(24,25)22-11-3-1-2-4-12-22/h5-10,13H,1-4,11-12H2.